The first-order chi connectivity index (χ1) is 10.7. The molecule has 0 radical (unpaired) electrons. The van der Waals surface area contributed by atoms with E-state index in [0.717, 1.165) is 22.3 Å². The van der Waals surface area contributed by atoms with Crippen molar-refractivity contribution in [1.29, 1.82) is 0 Å². The molecule has 0 bridgehead atoms. The molecule has 0 aliphatic rings. The van der Waals surface area contributed by atoms with Gasteiger partial charge in [0.05, 0.1) is 11.0 Å². The maximum Gasteiger partial charge on any atom is 0.434 e. The lowest BCUT2D eigenvalue weighted by Crippen LogP contribution is -2.19. The molecule has 0 aliphatic carbocycles. The van der Waals surface area contributed by atoms with E-state index in [2.05, 4.69) is 10.3 Å². The average Bonchev–Trinajstić information content (AvgIpc) is 2.95. The minimum Gasteiger partial charge on any atom is -0.304 e. The Morgan fingerprint density at radius 2 is 2.13 bits per heavy atom. The van der Waals surface area contributed by atoms with Crippen molar-refractivity contribution in [1.82, 2.24) is 10.3 Å². The second-order valence-electron chi connectivity index (χ2n) is 4.99. The maximum absolute atomic E-state index is 12.5. The Kier molecular flexibility index (Phi) is 5.00. The van der Waals surface area contributed by atoms with Crippen LogP contribution < -0.4 is 5.32 Å². The number of rotatable bonds is 5. The summed E-state index contributed by atoms with van der Waals surface area (Å²) in [6.45, 7) is 3.65. The summed E-state index contributed by atoms with van der Waals surface area (Å²) >= 11 is 0.930. The molecule has 2 aromatic rings. The van der Waals surface area contributed by atoms with Crippen LogP contribution in [0.4, 0.5) is 18.9 Å². The number of aromatic nitrogens is 1. The van der Waals surface area contributed by atoms with Gasteiger partial charge in [0.15, 0.2) is 5.69 Å². The largest absolute Gasteiger partial charge is 0.434 e. The highest BCUT2D eigenvalue weighted by molar-refractivity contribution is 7.09. The van der Waals surface area contributed by atoms with E-state index in [0.29, 0.717) is 17.1 Å². The van der Waals surface area contributed by atoms with Gasteiger partial charge in [-0.05, 0) is 19.4 Å². The van der Waals surface area contributed by atoms with Crippen LogP contribution in [0, 0.1) is 17.0 Å². The lowest BCUT2D eigenvalue weighted by molar-refractivity contribution is -0.385. The van der Waals surface area contributed by atoms with E-state index >= 15 is 0 Å². The summed E-state index contributed by atoms with van der Waals surface area (Å²) in [6, 6.07) is 4.34. The topological polar surface area (TPSA) is 68.1 Å². The fourth-order valence-electron chi connectivity index (χ4n) is 2.03. The van der Waals surface area contributed by atoms with Crippen molar-refractivity contribution in [3.63, 3.8) is 0 Å². The minimum absolute atomic E-state index is 0.0190. The minimum atomic E-state index is -4.45. The third-order valence-corrected chi connectivity index (χ3v) is 4.42. The Morgan fingerprint density at radius 3 is 2.70 bits per heavy atom. The third-order valence-electron chi connectivity index (χ3n) is 3.40. The predicted molar refractivity (Wildman–Crippen MR) is 80.2 cm³/mol. The highest BCUT2D eigenvalue weighted by atomic mass is 32.1. The lowest BCUT2D eigenvalue weighted by atomic mass is 10.1. The number of halogens is 3. The molecule has 0 spiro atoms. The number of benzene rings is 1. The molecule has 23 heavy (non-hydrogen) atoms. The zero-order valence-electron chi connectivity index (χ0n) is 12.3. The molecule has 0 unspecified atom stereocenters. The van der Waals surface area contributed by atoms with Gasteiger partial charge >= 0.3 is 6.18 Å². The Labute approximate surface area is 134 Å². The molecule has 9 heteroatoms. The molecule has 1 aromatic heterocycles. The molecule has 1 N–H and O–H groups in total. The van der Waals surface area contributed by atoms with Gasteiger partial charge in [-0.25, -0.2) is 4.98 Å². The molecule has 2 rings (SSSR count). The summed E-state index contributed by atoms with van der Waals surface area (Å²) in [5.41, 5.74) is 0.370. The van der Waals surface area contributed by atoms with Crippen LogP contribution in [0.1, 0.15) is 34.8 Å². The summed E-state index contributed by atoms with van der Waals surface area (Å²) in [4.78, 5) is 14.0. The monoisotopic (exact) mass is 345 g/mol. The summed E-state index contributed by atoms with van der Waals surface area (Å²) in [7, 11) is 0. The highest BCUT2D eigenvalue weighted by Gasteiger charge is 2.34. The number of thiazole rings is 1. The molecule has 1 atom stereocenters. The van der Waals surface area contributed by atoms with E-state index in [1.807, 2.05) is 0 Å². The first-order valence-electron chi connectivity index (χ1n) is 6.69. The number of nitro benzene ring substituents is 1. The van der Waals surface area contributed by atoms with E-state index in [-0.39, 0.29) is 5.69 Å². The van der Waals surface area contributed by atoms with Crippen LogP contribution >= 0.6 is 11.3 Å². The van der Waals surface area contributed by atoms with Crippen molar-refractivity contribution in [3.8, 4) is 0 Å². The number of nitro groups is 1. The van der Waals surface area contributed by atoms with Crippen LogP contribution in [0.15, 0.2) is 23.6 Å². The van der Waals surface area contributed by atoms with E-state index in [1.165, 1.54) is 6.07 Å². The van der Waals surface area contributed by atoms with Gasteiger partial charge in [-0.15, -0.1) is 11.3 Å². The zero-order chi connectivity index (χ0) is 17.2. The van der Waals surface area contributed by atoms with Gasteiger partial charge in [-0.1, -0.05) is 12.1 Å². The van der Waals surface area contributed by atoms with Crippen molar-refractivity contribution in [2.45, 2.75) is 32.6 Å². The number of nitrogens with one attached hydrogen (secondary N) is 1. The van der Waals surface area contributed by atoms with Crippen molar-refractivity contribution < 1.29 is 18.1 Å². The summed E-state index contributed by atoms with van der Waals surface area (Å²) in [6.07, 6.45) is -4.45. The van der Waals surface area contributed by atoms with Gasteiger partial charge in [0.2, 0.25) is 0 Å². The fraction of sp³-hybridized carbons (Fsp3) is 0.357. The summed E-state index contributed by atoms with van der Waals surface area (Å²) in [5.74, 6) is 0. The van der Waals surface area contributed by atoms with E-state index < -0.39 is 22.8 Å². The lowest BCUT2D eigenvalue weighted by Gasteiger charge is -2.13. The van der Waals surface area contributed by atoms with Crippen molar-refractivity contribution in [2.24, 2.45) is 0 Å². The van der Waals surface area contributed by atoms with Crippen LogP contribution in [0.3, 0.4) is 0 Å². The standard InChI is InChI=1S/C14H14F3N3O2S/c1-8-10(4-3-5-11(8)20(21)22)6-18-9(2)13-19-12(7-23-13)14(15,16)17/h3-5,7,9,18H,6H2,1-2H3/t9-/m0/s1. The Hall–Kier alpha value is -2.00. The Morgan fingerprint density at radius 1 is 1.43 bits per heavy atom. The molecular weight excluding hydrogens is 331 g/mol. The quantitative estimate of drug-likeness (QED) is 0.650. The molecular formula is C14H14F3N3O2S. The first-order valence-corrected chi connectivity index (χ1v) is 7.57. The smallest absolute Gasteiger partial charge is 0.304 e. The zero-order valence-corrected chi connectivity index (χ0v) is 13.2. The van der Waals surface area contributed by atoms with E-state index in [4.69, 9.17) is 0 Å². The number of nitrogens with zero attached hydrogens (tertiary/aromatic N) is 2. The van der Waals surface area contributed by atoms with E-state index in [1.54, 1.807) is 26.0 Å². The molecule has 0 amide bonds. The first kappa shape index (κ1) is 17.4. The second kappa shape index (κ2) is 6.63. The number of alkyl halides is 3. The molecule has 0 saturated heterocycles. The SMILES string of the molecule is Cc1c(CN[C@@H](C)c2nc(C(F)(F)F)cs2)cccc1[N+](=O)[O-]. The van der Waals surface area contributed by atoms with Crippen LogP contribution in [-0.4, -0.2) is 9.91 Å². The molecule has 124 valence electrons. The highest BCUT2D eigenvalue weighted by Crippen LogP contribution is 2.31. The van der Waals surface area contributed by atoms with Crippen LogP contribution in [0.2, 0.25) is 0 Å². The van der Waals surface area contributed by atoms with Gasteiger partial charge in [0.25, 0.3) is 5.69 Å². The fourth-order valence-corrected chi connectivity index (χ4v) is 2.88. The van der Waals surface area contributed by atoms with Crippen LogP contribution in [0.5, 0.6) is 0 Å². The van der Waals surface area contributed by atoms with Gasteiger partial charge in [-0.3, -0.25) is 10.1 Å². The van der Waals surface area contributed by atoms with Crippen molar-refractivity contribution in [2.75, 3.05) is 0 Å². The average molecular weight is 345 g/mol. The molecule has 0 aliphatic heterocycles. The molecule has 1 heterocycles. The molecule has 0 saturated carbocycles. The third kappa shape index (κ3) is 4.05. The van der Waals surface area contributed by atoms with Crippen LogP contribution in [0.25, 0.3) is 0 Å². The Balaban J connectivity index is 2.08. The van der Waals surface area contributed by atoms with E-state index in [9.17, 15) is 23.3 Å². The summed E-state index contributed by atoms with van der Waals surface area (Å²) in [5, 5.41) is 15.2. The number of hydrogen-bond donors (Lipinski definition) is 1. The van der Waals surface area contributed by atoms with Gasteiger partial charge in [-0.2, -0.15) is 13.2 Å². The second-order valence-corrected chi connectivity index (χ2v) is 5.88. The van der Waals surface area contributed by atoms with Gasteiger partial charge in [0, 0.05) is 23.6 Å². The van der Waals surface area contributed by atoms with Gasteiger partial charge < -0.3 is 5.32 Å². The summed E-state index contributed by atoms with van der Waals surface area (Å²) < 4.78 is 37.6. The predicted octanol–water partition coefficient (Wildman–Crippen LogP) is 4.23. The molecule has 5 nitrogen and oxygen atoms in total. The Bertz CT molecular complexity index is 716. The normalized spacial score (nSPS) is 13.1. The van der Waals surface area contributed by atoms with Crippen LogP contribution in [-0.2, 0) is 12.7 Å². The molecule has 0 fully saturated rings. The maximum atomic E-state index is 12.5. The molecule has 1 aromatic carbocycles. The van der Waals surface area contributed by atoms with Crippen molar-refractivity contribution in [3.05, 3.63) is 55.5 Å². The van der Waals surface area contributed by atoms with Gasteiger partial charge in [0.1, 0.15) is 5.01 Å². The number of hydrogen-bond acceptors (Lipinski definition) is 5. The van der Waals surface area contributed by atoms with Crippen molar-refractivity contribution >= 4 is 17.0 Å².